The Hall–Kier alpha value is 0.730. The molecule has 3 heteroatoms. The van der Waals surface area contributed by atoms with Gasteiger partial charge in [-0.3, -0.25) is 0 Å². The van der Waals surface area contributed by atoms with Gasteiger partial charge in [0.15, 0.2) is 0 Å². The molecule has 1 aliphatic rings. The Bertz CT molecular complexity index is 95.8. The van der Waals surface area contributed by atoms with Crippen molar-refractivity contribution in [2.45, 2.75) is 18.2 Å². The van der Waals surface area contributed by atoms with E-state index in [9.17, 15) is 0 Å². The fourth-order valence-electron chi connectivity index (χ4n) is 1.24. The summed E-state index contributed by atoms with van der Waals surface area (Å²) in [5.41, 5.74) is 0. The first kappa shape index (κ1) is 10.7. The van der Waals surface area contributed by atoms with Crippen LogP contribution in [0.4, 0.5) is 0 Å². The summed E-state index contributed by atoms with van der Waals surface area (Å²) in [6.45, 7) is 2.49. The van der Waals surface area contributed by atoms with E-state index in [-0.39, 0.29) is 17.0 Å². The van der Waals surface area contributed by atoms with E-state index < -0.39 is 0 Å². The zero-order valence-electron chi connectivity index (χ0n) is 6.61. The maximum atomic E-state index is 5.93. The van der Waals surface area contributed by atoms with Crippen LogP contribution in [0.3, 0.4) is 0 Å². The van der Waals surface area contributed by atoms with E-state index in [1.165, 1.54) is 25.9 Å². The minimum absolute atomic E-state index is 0. The van der Waals surface area contributed by atoms with Crippen LogP contribution in [-0.4, -0.2) is 37.0 Å². The Balaban J connectivity index is 0.000000810. The molecule has 0 aromatic heterocycles. The van der Waals surface area contributed by atoms with Gasteiger partial charge in [-0.05, 0) is 0 Å². The molecule has 0 radical (unpaired) electrons. The van der Waals surface area contributed by atoms with E-state index in [1.54, 1.807) is 0 Å². The second-order valence-corrected chi connectivity index (χ2v) is 4.17. The van der Waals surface area contributed by atoms with E-state index in [0.717, 1.165) is 4.48 Å². The molecule has 0 aliphatic carbocycles. The number of nitrogens with zero attached hydrogens (tertiary/aromatic N) is 1. The van der Waals surface area contributed by atoms with Crippen LogP contribution < -0.4 is 17.0 Å². The SMILES string of the molecule is C[N+]1(C)CCC(Cl)CC1.[Br-]. The lowest BCUT2D eigenvalue weighted by Gasteiger charge is -2.35. The Morgan fingerprint density at radius 2 is 1.60 bits per heavy atom. The summed E-state index contributed by atoms with van der Waals surface area (Å²) >= 11 is 5.93. The maximum Gasteiger partial charge on any atom is 0.0796 e. The Kier molecular flexibility index (Phi) is 4.22. The van der Waals surface area contributed by atoms with Crippen LogP contribution in [-0.2, 0) is 0 Å². The van der Waals surface area contributed by atoms with Crippen molar-refractivity contribution in [3.63, 3.8) is 0 Å². The zero-order chi connectivity index (χ0) is 6.91. The number of hydrogen-bond donors (Lipinski definition) is 0. The highest BCUT2D eigenvalue weighted by atomic mass is 79.9. The Morgan fingerprint density at radius 3 is 1.90 bits per heavy atom. The molecule has 0 saturated carbocycles. The third-order valence-electron chi connectivity index (χ3n) is 2.10. The summed E-state index contributed by atoms with van der Waals surface area (Å²) in [7, 11) is 4.53. The molecule has 1 aliphatic heterocycles. The van der Waals surface area contributed by atoms with Crippen LogP contribution in [0.2, 0.25) is 0 Å². The first-order valence-corrected chi connectivity index (χ1v) is 4.00. The van der Waals surface area contributed by atoms with E-state index >= 15 is 0 Å². The third-order valence-corrected chi connectivity index (χ3v) is 2.53. The smallest absolute Gasteiger partial charge is 0.0796 e. The molecule has 1 fully saturated rings. The van der Waals surface area contributed by atoms with E-state index in [1.807, 2.05) is 0 Å². The van der Waals surface area contributed by atoms with Crippen LogP contribution in [0.15, 0.2) is 0 Å². The summed E-state index contributed by atoms with van der Waals surface area (Å²) in [4.78, 5) is 0. The number of piperidine rings is 1. The quantitative estimate of drug-likeness (QED) is 0.349. The fraction of sp³-hybridized carbons (Fsp3) is 1.00. The van der Waals surface area contributed by atoms with Gasteiger partial charge in [-0.2, -0.15) is 0 Å². The number of likely N-dealkylation sites (tertiary alicyclic amines) is 1. The lowest BCUT2D eigenvalue weighted by atomic mass is 10.1. The molecule has 10 heavy (non-hydrogen) atoms. The predicted octanol–water partition coefficient (Wildman–Crippen LogP) is -1.53. The largest absolute Gasteiger partial charge is 1.00 e. The van der Waals surface area contributed by atoms with Crippen molar-refractivity contribution >= 4 is 11.6 Å². The summed E-state index contributed by atoms with van der Waals surface area (Å²) in [6.07, 6.45) is 2.38. The molecular weight excluding hydrogens is 213 g/mol. The van der Waals surface area contributed by atoms with E-state index in [0.29, 0.717) is 5.38 Å². The molecule has 62 valence electrons. The number of rotatable bonds is 0. The highest BCUT2D eigenvalue weighted by Crippen LogP contribution is 2.18. The summed E-state index contributed by atoms with van der Waals surface area (Å²) in [6, 6.07) is 0. The van der Waals surface area contributed by atoms with Gasteiger partial charge in [0.1, 0.15) is 0 Å². The second kappa shape index (κ2) is 3.93. The summed E-state index contributed by atoms with van der Waals surface area (Å²) in [5, 5.41) is 0.455. The minimum Gasteiger partial charge on any atom is -1.00 e. The van der Waals surface area contributed by atoms with Crippen LogP contribution >= 0.6 is 11.6 Å². The normalized spacial score (nSPS) is 25.5. The van der Waals surface area contributed by atoms with Crippen molar-refractivity contribution in [1.82, 2.24) is 0 Å². The topological polar surface area (TPSA) is 0 Å². The molecule has 0 atom stereocenters. The molecule has 0 aromatic rings. The van der Waals surface area contributed by atoms with Gasteiger partial charge in [-0.15, -0.1) is 11.6 Å². The van der Waals surface area contributed by atoms with Gasteiger partial charge < -0.3 is 21.5 Å². The van der Waals surface area contributed by atoms with Crippen molar-refractivity contribution in [1.29, 1.82) is 0 Å². The van der Waals surface area contributed by atoms with Gasteiger partial charge in [0.05, 0.1) is 27.2 Å². The molecule has 1 heterocycles. The predicted molar refractivity (Wildman–Crippen MR) is 40.7 cm³/mol. The third kappa shape index (κ3) is 3.22. The molecule has 1 nitrogen and oxygen atoms in total. The molecule has 0 amide bonds. The Morgan fingerprint density at radius 1 is 1.20 bits per heavy atom. The molecule has 1 rings (SSSR count). The Labute approximate surface area is 78.7 Å². The van der Waals surface area contributed by atoms with E-state index in [2.05, 4.69) is 14.1 Å². The highest BCUT2D eigenvalue weighted by molar-refractivity contribution is 6.20. The molecule has 0 unspecified atom stereocenters. The summed E-state index contributed by atoms with van der Waals surface area (Å²) in [5.74, 6) is 0. The second-order valence-electron chi connectivity index (χ2n) is 3.56. The first-order valence-electron chi connectivity index (χ1n) is 3.56. The van der Waals surface area contributed by atoms with Crippen LogP contribution in [0, 0.1) is 0 Å². The van der Waals surface area contributed by atoms with Gasteiger partial charge in [0.2, 0.25) is 0 Å². The number of hydrogen-bond acceptors (Lipinski definition) is 0. The first-order chi connectivity index (χ1) is 4.10. The van der Waals surface area contributed by atoms with Gasteiger partial charge in [0.25, 0.3) is 0 Å². The molecule has 0 N–H and O–H groups in total. The van der Waals surface area contributed by atoms with Gasteiger partial charge in [0, 0.05) is 18.2 Å². The van der Waals surface area contributed by atoms with Crippen molar-refractivity contribution in [3.8, 4) is 0 Å². The lowest BCUT2D eigenvalue weighted by molar-refractivity contribution is -0.894. The number of halogens is 2. The molecular formula is C7H15BrClN. The number of alkyl halides is 1. The van der Waals surface area contributed by atoms with Crippen molar-refractivity contribution in [3.05, 3.63) is 0 Å². The lowest BCUT2D eigenvalue weighted by Crippen LogP contribution is -3.00. The van der Waals surface area contributed by atoms with Crippen molar-refractivity contribution in [2.75, 3.05) is 27.2 Å². The van der Waals surface area contributed by atoms with Crippen LogP contribution in [0.1, 0.15) is 12.8 Å². The maximum absolute atomic E-state index is 5.93. The van der Waals surface area contributed by atoms with Crippen molar-refractivity contribution in [2.24, 2.45) is 0 Å². The highest BCUT2D eigenvalue weighted by Gasteiger charge is 2.23. The fourth-order valence-corrected chi connectivity index (χ4v) is 1.43. The van der Waals surface area contributed by atoms with Gasteiger partial charge in [-0.1, -0.05) is 0 Å². The van der Waals surface area contributed by atoms with Gasteiger partial charge >= 0.3 is 0 Å². The molecule has 0 spiro atoms. The minimum atomic E-state index is 0. The molecule has 0 aromatic carbocycles. The monoisotopic (exact) mass is 227 g/mol. The average Bonchev–Trinajstić information content (AvgIpc) is 1.78. The summed E-state index contributed by atoms with van der Waals surface area (Å²) < 4.78 is 1.16. The van der Waals surface area contributed by atoms with E-state index in [4.69, 9.17) is 11.6 Å². The van der Waals surface area contributed by atoms with Crippen LogP contribution in [0.5, 0.6) is 0 Å². The average molecular weight is 229 g/mol. The molecule has 0 bridgehead atoms. The standard InChI is InChI=1S/C7H15ClN.BrH/c1-9(2)5-3-7(8)4-6-9;/h7H,3-6H2,1-2H3;1H/q+1;/p-1. The van der Waals surface area contributed by atoms with Gasteiger partial charge in [-0.25, -0.2) is 0 Å². The zero-order valence-corrected chi connectivity index (χ0v) is 8.95. The molecule has 1 saturated heterocycles. The number of quaternary nitrogens is 1. The van der Waals surface area contributed by atoms with Crippen molar-refractivity contribution < 1.29 is 21.5 Å². The van der Waals surface area contributed by atoms with Crippen LogP contribution in [0.25, 0.3) is 0 Å².